The summed E-state index contributed by atoms with van der Waals surface area (Å²) in [5.41, 5.74) is 0. The average molecular weight is 201 g/mol. The lowest BCUT2D eigenvalue weighted by Crippen LogP contribution is -1.98. The average Bonchev–Trinajstić information content (AvgIpc) is 2.56. The first-order chi connectivity index (χ1) is 5.84. The number of hydrogen-bond acceptors (Lipinski definition) is 4. The van der Waals surface area contributed by atoms with Gasteiger partial charge in [0.2, 0.25) is 0 Å². The third-order valence-electron chi connectivity index (χ3n) is 1.42. The van der Waals surface area contributed by atoms with Crippen LogP contribution < -0.4 is 0 Å². The molecular weight excluding hydrogens is 190 g/mol. The molecule has 0 saturated heterocycles. The second-order valence-corrected chi connectivity index (χ2v) is 4.24. The lowest BCUT2D eigenvalue weighted by atomic mass is 10.2. The maximum absolute atomic E-state index is 11.3. The van der Waals surface area contributed by atoms with Gasteiger partial charge in [0.15, 0.2) is 10.8 Å². The molecule has 1 aromatic heterocycles. The van der Waals surface area contributed by atoms with E-state index < -0.39 is 0 Å². The fraction of sp³-hybridized carbons (Fsp3) is 0.500. The van der Waals surface area contributed by atoms with Crippen LogP contribution in [-0.2, 0) is 0 Å². The number of ketones is 1. The SMILES string of the molecule is CSCCCC(=O)c1nccs1. The van der Waals surface area contributed by atoms with Crippen molar-refractivity contribution < 1.29 is 4.79 Å². The predicted molar refractivity (Wildman–Crippen MR) is 54.1 cm³/mol. The Balaban J connectivity index is 2.30. The summed E-state index contributed by atoms with van der Waals surface area (Å²) in [6.45, 7) is 0. The summed E-state index contributed by atoms with van der Waals surface area (Å²) in [4.78, 5) is 15.3. The van der Waals surface area contributed by atoms with Gasteiger partial charge in [0.1, 0.15) is 0 Å². The van der Waals surface area contributed by atoms with Crippen LogP contribution in [0.1, 0.15) is 22.6 Å². The van der Waals surface area contributed by atoms with E-state index in [0.29, 0.717) is 11.4 Å². The van der Waals surface area contributed by atoms with Gasteiger partial charge in [-0.05, 0) is 18.4 Å². The van der Waals surface area contributed by atoms with Crippen molar-refractivity contribution in [3.05, 3.63) is 16.6 Å². The van der Waals surface area contributed by atoms with Crippen LogP contribution in [0.4, 0.5) is 0 Å². The van der Waals surface area contributed by atoms with Crippen molar-refractivity contribution in [2.45, 2.75) is 12.8 Å². The van der Waals surface area contributed by atoms with E-state index in [4.69, 9.17) is 0 Å². The van der Waals surface area contributed by atoms with Gasteiger partial charge in [-0.2, -0.15) is 11.8 Å². The maximum Gasteiger partial charge on any atom is 0.191 e. The Hall–Kier alpha value is -0.350. The number of carbonyl (C=O) groups is 1. The topological polar surface area (TPSA) is 30.0 Å². The summed E-state index contributed by atoms with van der Waals surface area (Å²) in [6.07, 6.45) is 5.31. The molecule has 0 aliphatic rings. The van der Waals surface area contributed by atoms with E-state index in [2.05, 4.69) is 4.98 Å². The molecule has 0 aliphatic carbocycles. The molecular formula is C8H11NOS2. The molecule has 1 aromatic rings. The van der Waals surface area contributed by atoms with Crippen molar-refractivity contribution in [3.8, 4) is 0 Å². The van der Waals surface area contributed by atoms with Gasteiger partial charge in [0, 0.05) is 18.0 Å². The minimum Gasteiger partial charge on any atom is -0.292 e. The first-order valence-corrected chi connectivity index (χ1v) is 6.03. The molecule has 0 saturated carbocycles. The molecule has 0 amide bonds. The standard InChI is InChI=1S/C8H11NOS2/c1-11-5-2-3-7(10)8-9-4-6-12-8/h4,6H,2-3,5H2,1H3. The predicted octanol–water partition coefficient (Wildman–Crippen LogP) is 2.47. The second-order valence-electron chi connectivity index (χ2n) is 2.36. The van der Waals surface area contributed by atoms with Gasteiger partial charge < -0.3 is 0 Å². The molecule has 0 aromatic carbocycles. The number of thioether (sulfide) groups is 1. The zero-order chi connectivity index (χ0) is 8.81. The Morgan fingerprint density at radius 1 is 1.75 bits per heavy atom. The molecule has 0 N–H and O–H groups in total. The van der Waals surface area contributed by atoms with Gasteiger partial charge in [-0.15, -0.1) is 11.3 Å². The molecule has 2 nitrogen and oxygen atoms in total. The summed E-state index contributed by atoms with van der Waals surface area (Å²) >= 11 is 3.19. The van der Waals surface area contributed by atoms with Crippen molar-refractivity contribution in [2.75, 3.05) is 12.0 Å². The number of aromatic nitrogens is 1. The van der Waals surface area contributed by atoms with E-state index in [-0.39, 0.29) is 5.78 Å². The van der Waals surface area contributed by atoms with Crippen LogP contribution >= 0.6 is 23.1 Å². The van der Waals surface area contributed by atoms with Crippen molar-refractivity contribution in [1.82, 2.24) is 4.98 Å². The van der Waals surface area contributed by atoms with Crippen LogP contribution in [0.2, 0.25) is 0 Å². The molecule has 0 spiro atoms. The molecule has 4 heteroatoms. The van der Waals surface area contributed by atoms with Crippen LogP contribution in [0.5, 0.6) is 0 Å². The van der Waals surface area contributed by atoms with Gasteiger partial charge in [0.05, 0.1) is 0 Å². The fourth-order valence-corrected chi connectivity index (χ4v) is 1.88. The normalized spacial score (nSPS) is 10.1. The highest BCUT2D eigenvalue weighted by Gasteiger charge is 2.06. The fourth-order valence-electron chi connectivity index (χ4n) is 0.845. The van der Waals surface area contributed by atoms with Crippen LogP contribution in [0.15, 0.2) is 11.6 Å². The first kappa shape index (κ1) is 9.74. The third-order valence-corrected chi connectivity index (χ3v) is 2.93. The van der Waals surface area contributed by atoms with Crippen LogP contribution in [0.3, 0.4) is 0 Å². The monoisotopic (exact) mass is 201 g/mol. The minimum atomic E-state index is 0.180. The van der Waals surface area contributed by atoms with Gasteiger partial charge in [-0.3, -0.25) is 4.79 Å². The van der Waals surface area contributed by atoms with Gasteiger partial charge in [0.25, 0.3) is 0 Å². The molecule has 66 valence electrons. The van der Waals surface area contributed by atoms with Crippen LogP contribution in [-0.4, -0.2) is 22.8 Å². The number of Topliss-reactive ketones (excluding diaryl/α,β-unsaturated/α-hetero) is 1. The van der Waals surface area contributed by atoms with E-state index in [1.165, 1.54) is 11.3 Å². The third kappa shape index (κ3) is 2.95. The Morgan fingerprint density at radius 3 is 3.17 bits per heavy atom. The number of rotatable bonds is 5. The summed E-state index contributed by atoms with van der Waals surface area (Å²) in [5.74, 6) is 1.23. The first-order valence-electron chi connectivity index (χ1n) is 3.76. The number of hydrogen-bond donors (Lipinski definition) is 0. The van der Waals surface area contributed by atoms with E-state index in [1.807, 2.05) is 11.6 Å². The van der Waals surface area contributed by atoms with E-state index >= 15 is 0 Å². The summed E-state index contributed by atoms with van der Waals surface area (Å²) in [6, 6.07) is 0. The zero-order valence-corrected chi connectivity index (χ0v) is 8.58. The minimum absolute atomic E-state index is 0.180. The molecule has 0 unspecified atom stereocenters. The molecule has 0 radical (unpaired) electrons. The Kier molecular flexibility index (Phi) is 4.32. The Bertz CT molecular complexity index is 233. The highest BCUT2D eigenvalue weighted by atomic mass is 32.2. The largest absolute Gasteiger partial charge is 0.292 e. The van der Waals surface area contributed by atoms with E-state index in [1.54, 1.807) is 18.0 Å². The smallest absolute Gasteiger partial charge is 0.191 e. The Morgan fingerprint density at radius 2 is 2.58 bits per heavy atom. The number of thiazole rings is 1. The molecule has 12 heavy (non-hydrogen) atoms. The Labute approximate surface area is 80.4 Å². The molecule has 1 rings (SSSR count). The van der Waals surface area contributed by atoms with Crippen LogP contribution in [0.25, 0.3) is 0 Å². The van der Waals surface area contributed by atoms with Crippen molar-refractivity contribution in [3.63, 3.8) is 0 Å². The van der Waals surface area contributed by atoms with Crippen molar-refractivity contribution in [2.24, 2.45) is 0 Å². The number of nitrogens with zero attached hydrogens (tertiary/aromatic N) is 1. The highest BCUT2D eigenvalue weighted by Crippen LogP contribution is 2.09. The summed E-state index contributed by atoms with van der Waals surface area (Å²) in [5, 5.41) is 2.48. The molecule has 0 bridgehead atoms. The molecule has 1 heterocycles. The van der Waals surface area contributed by atoms with E-state index in [9.17, 15) is 4.79 Å². The van der Waals surface area contributed by atoms with E-state index in [0.717, 1.165) is 12.2 Å². The van der Waals surface area contributed by atoms with Gasteiger partial charge in [-0.1, -0.05) is 0 Å². The lowest BCUT2D eigenvalue weighted by molar-refractivity contribution is 0.0981. The second kappa shape index (κ2) is 5.32. The molecule has 0 fully saturated rings. The lowest BCUT2D eigenvalue weighted by Gasteiger charge is -1.94. The summed E-state index contributed by atoms with van der Waals surface area (Å²) < 4.78 is 0. The van der Waals surface area contributed by atoms with Crippen molar-refractivity contribution >= 4 is 28.9 Å². The highest BCUT2D eigenvalue weighted by molar-refractivity contribution is 7.98. The summed E-state index contributed by atoms with van der Waals surface area (Å²) in [7, 11) is 0. The maximum atomic E-state index is 11.3. The number of carbonyl (C=O) groups excluding carboxylic acids is 1. The van der Waals surface area contributed by atoms with Gasteiger partial charge in [-0.25, -0.2) is 4.98 Å². The quantitative estimate of drug-likeness (QED) is 0.541. The van der Waals surface area contributed by atoms with Gasteiger partial charge >= 0.3 is 0 Å². The van der Waals surface area contributed by atoms with Crippen molar-refractivity contribution in [1.29, 1.82) is 0 Å². The zero-order valence-electron chi connectivity index (χ0n) is 6.95. The van der Waals surface area contributed by atoms with Crippen LogP contribution in [0, 0.1) is 0 Å². The molecule has 0 atom stereocenters. The molecule has 0 aliphatic heterocycles.